The normalized spacial score (nSPS) is 25.6. The first-order valence-corrected chi connectivity index (χ1v) is 10.2. The lowest BCUT2D eigenvalue weighted by Crippen LogP contribution is -2.55. The van der Waals surface area contributed by atoms with Gasteiger partial charge in [0.25, 0.3) is 0 Å². The largest absolute Gasteiger partial charge is 0.505 e. The summed E-state index contributed by atoms with van der Waals surface area (Å²) < 4.78 is 16.6. The van der Waals surface area contributed by atoms with Gasteiger partial charge in [-0.05, 0) is 31.4 Å². The molecule has 4 heterocycles. The van der Waals surface area contributed by atoms with Gasteiger partial charge in [0, 0.05) is 49.4 Å². The average Bonchev–Trinajstić information content (AvgIpc) is 3.16. The minimum absolute atomic E-state index is 0.0122. The van der Waals surface area contributed by atoms with Gasteiger partial charge in [-0.25, -0.2) is 9.37 Å². The number of anilines is 1. The number of halogens is 1. The molecule has 0 amide bonds. The number of pyridine rings is 1. The van der Waals surface area contributed by atoms with Crippen LogP contribution < -0.4 is 15.6 Å². The molecule has 2 aliphatic rings. The first-order chi connectivity index (χ1) is 14.4. The number of nitrogens with zero attached hydrogens (tertiary/aromatic N) is 4. The molecule has 5 rings (SSSR count). The van der Waals surface area contributed by atoms with Gasteiger partial charge in [0.2, 0.25) is 0 Å². The van der Waals surface area contributed by atoms with Crippen LogP contribution in [0, 0.1) is 0 Å². The highest BCUT2D eigenvalue weighted by Crippen LogP contribution is 2.35. The van der Waals surface area contributed by atoms with Crippen molar-refractivity contribution in [2.45, 2.75) is 43.6 Å². The first kappa shape index (κ1) is 19.0. The third kappa shape index (κ3) is 2.94. The third-order valence-electron chi connectivity index (χ3n) is 6.55. The Morgan fingerprint density at radius 2 is 2.07 bits per heavy atom. The van der Waals surface area contributed by atoms with E-state index in [2.05, 4.69) is 15.3 Å². The summed E-state index contributed by atoms with van der Waals surface area (Å²) in [7, 11) is 3.63. The molecule has 7 nitrogen and oxygen atoms in total. The van der Waals surface area contributed by atoms with Crippen molar-refractivity contribution in [1.29, 1.82) is 0 Å². The zero-order valence-corrected chi connectivity index (χ0v) is 16.9. The van der Waals surface area contributed by atoms with Crippen molar-refractivity contribution < 1.29 is 9.50 Å². The molecule has 4 atom stereocenters. The van der Waals surface area contributed by atoms with Crippen LogP contribution in [0.5, 0.6) is 5.75 Å². The molecular weight excluding hydrogens is 385 g/mol. The molecule has 156 valence electrons. The summed E-state index contributed by atoms with van der Waals surface area (Å²) in [6, 6.07) is 4.89. The van der Waals surface area contributed by atoms with Gasteiger partial charge in [0.15, 0.2) is 5.43 Å². The average molecular weight is 409 g/mol. The Morgan fingerprint density at radius 1 is 1.23 bits per heavy atom. The molecule has 2 bridgehead atoms. The van der Waals surface area contributed by atoms with Crippen LogP contribution in [-0.2, 0) is 7.05 Å². The minimum Gasteiger partial charge on any atom is -0.505 e. The van der Waals surface area contributed by atoms with Crippen LogP contribution in [-0.4, -0.2) is 51.0 Å². The molecule has 2 aromatic heterocycles. The highest BCUT2D eigenvalue weighted by molar-refractivity contribution is 5.91. The quantitative estimate of drug-likeness (QED) is 0.691. The maximum Gasteiger partial charge on any atom is 0.189 e. The fourth-order valence-corrected chi connectivity index (χ4v) is 4.85. The number of aromatic nitrogens is 3. The highest BCUT2D eigenvalue weighted by Gasteiger charge is 2.43. The van der Waals surface area contributed by atoms with Crippen LogP contribution in [0.4, 0.5) is 10.2 Å². The second-order valence-electron chi connectivity index (χ2n) is 8.31. The second kappa shape index (κ2) is 7.05. The minimum atomic E-state index is -0.943. The Morgan fingerprint density at radius 3 is 2.83 bits per heavy atom. The van der Waals surface area contributed by atoms with Crippen molar-refractivity contribution in [3.05, 3.63) is 47.0 Å². The summed E-state index contributed by atoms with van der Waals surface area (Å²) in [6.45, 7) is 0. The number of hydrogen-bond acceptors (Lipinski definition) is 6. The number of hydrogen-bond donors (Lipinski definition) is 2. The van der Waals surface area contributed by atoms with Crippen LogP contribution in [0.3, 0.4) is 0 Å². The molecule has 0 aliphatic carbocycles. The molecule has 0 saturated carbocycles. The lowest BCUT2D eigenvalue weighted by atomic mass is 9.96. The van der Waals surface area contributed by atoms with Crippen molar-refractivity contribution in [1.82, 2.24) is 19.9 Å². The third-order valence-corrected chi connectivity index (χ3v) is 6.55. The van der Waals surface area contributed by atoms with Crippen LogP contribution in [0.2, 0.25) is 0 Å². The van der Waals surface area contributed by atoms with E-state index in [1.54, 1.807) is 42.3 Å². The number of nitrogens with one attached hydrogen (secondary N) is 1. The van der Waals surface area contributed by atoms with E-state index in [4.69, 9.17) is 0 Å². The molecule has 0 spiro atoms. The van der Waals surface area contributed by atoms with E-state index in [0.29, 0.717) is 34.0 Å². The number of piperidine rings is 1. The zero-order chi connectivity index (χ0) is 21.0. The topological polar surface area (TPSA) is 83.3 Å². The van der Waals surface area contributed by atoms with Gasteiger partial charge in [-0.3, -0.25) is 9.78 Å². The molecule has 8 heteroatoms. The van der Waals surface area contributed by atoms with Gasteiger partial charge in [0.05, 0.1) is 29.6 Å². The molecule has 1 unspecified atom stereocenters. The van der Waals surface area contributed by atoms with Crippen LogP contribution in [0.15, 0.2) is 41.6 Å². The number of rotatable bonds is 3. The number of alkyl halides is 1. The molecule has 1 aromatic carbocycles. The van der Waals surface area contributed by atoms with Gasteiger partial charge < -0.3 is 19.9 Å². The molecule has 2 aliphatic heterocycles. The summed E-state index contributed by atoms with van der Waals surface area (Å²) >= 11 is 0. The molecule has 2 fully saturated rings. The number of phenolic OH excluding ortho intramolecular Hbond substituents is 1. The summed E-state index contributed by atoms with van der Waals surface area (Å²) in [5.41, 5.74) is 1.29. The number of phenols is 1. The molecule has 2 saturated heterocycles. The van der Waals surface area contributed by atoms with Crippen molar-refractivity contribution in [3.8, 4) is 17.0 Å². The molecule has 30 heavy (non-hydrogen) atoms. The van der Waals surface area contributed by atoms with E-state index < -0.39 is 6.17 Å². The summed E-state index contributed by atoms with van der Waals surface area (Å²) in [5.74, 6) is 0.585. The smallest absolute Gasteiger partial charge is 0.189 e. The van der Waals surface area contributed by atoms with Crippen molar-refractivity contribution in [3.63, 3.8) is 0 Å². The van der Waals surface area contributed by atoms with Crippen LogP contribution in [0.25, 0.3) is 22.2 Å². The van der Waals surface area contributed by atoms with Gasteiger partial charge in [-0.1, -0.05) is 0 Å². The van der Waals surface area contributed by atoms with E-state index in [1.807, 2.05) is 11.9 Å². The molecular formula is C22H24FN5O2. The van der Waals surface area contributed by atoms with Crippen molar-refractivity contribution >= 4 is 16.7 Å². The number of aryl methyl sites for hydroxylation is 1. The van der Waals surface area contributed by atoms with Crippen molar-refractivity contribution in [2.75, 3.05) is 11.9 Å². The number of aromatic hydroxyl groups is 1. The maximum atomic E-state index is 14.9. The van der Waals surface area contributed by atoms with Gasteiger partial charge >= 0.3 is 0 Å². The summed E-state index contributed by atoms with van der Waals surface area (Å²) in [5, 5.41) is 14.6. The van der Waals surface area contributed by atoms with Crippen molar-refractivity contribution in [2.24, 2.45) is 7.05 Å². The number of fused-ring (bicyclic) bond motifs is 3. The Balaban J connectivity index is 1.46. The standard InChI is InChI=1S/C22H24FN5O2/c1-27-8-7-18(29)14-5-4-13(22(30)21(14)27)16-10-25-19(11-24-16)28(2)17-9-12-3-6-15(26-12)20(17)23/h4-5,7-8,10-12,15,17,20,26,30H,3,6,9H2,1-2H3/t12-,15?,17-,20+/m0/s1. The fourth-order valence-electron chi connectivity index (χ4n) is 4.85. The summed E-state index contributed by atoms with van der Waals surface area (Å²) in [6.07, 6.45) is 6.51. The molecule has 3 aromatic rings. The highest BCUT2D eigenvalue weighted by atomic mass is 19.1. The predicted molar refractivity (Wildman–Crippen MR) is 114 cm³/mol. The molecule has 2 N–H and O–H groups in total. The second-order valence-corrected chi connectivity index (χ2v) is 8.31. The van der Waals surface area contributed by atoms with E-state index in [-0.39, 0.29) is 23.3 Å². The fraction of sp³-hybridized carbons (Fsp3) is 0.409. The Kier molecular flexibility index (Phi) is 4.47. The van der Waals surface area contributed by atoms with E-state index >= 15 is 0 Å². The van der Waals surface area contributed by atoms with Gasteiger partial charge in [0.1, 0.15) is 17.7 Å². The Hall–Kier alpha value is -3.00. The SMILES string of the molecule is CN(c1cnc(-c2ccc3c(=O)ccn(C)c3c2O)cn1)[C@H]1C[C@@H]2CCC(N2)[C@H]1F. The van der Waals surface area contributed by atoms with Crippen LogP contribution in [0.1, 0.15) is 19.3 Å². The van der Waals surface area contributed by atoms with Crippen LogP contribution >= 0.6 is 0 Å². The van der Waals surface area contributed by atoms with Gasteiger partial charge in [-0.15, -0.1) is 0 Å². The first-order valence-electron chi connectivity index (χ1n) is 10.2. The van der Waals surface area contributed by atoms with E-state index in [1.165, 1.54) is 6.07 Å². The lowest BCUT2D eigenvalue weighted by molar-refractivity contribution is 0.176. The lowest BCUT2D eigenvalue weighted by Gasteiger charge is -2.38. The zero-order valence-electron chi connectivity index (χ0n) is 16.9. The predicted octanol–water partition coefficient (Wildman–Crippen LogP) is 2.37. The van der Waals surface area contributed by atoms with E-state index in [0.717, 1.165) is 19.3 Å². The van der Waals surface area contributed by atoms with E-state index in [9.17, 15) is 14.3 Å². The Labute approximate surface area is 173 Å². The maximum absolute atomic E-state index is 14.9. The summed E-state index contributed by atoms with van der Waals surface area (Å²) in [4.78, 5) is 22.9. The molecule has 0 radical (unpaired) electrons. The Bertz CT molecular complexity index is 1160. The monoisotopic (exact) mass is 409 g/mol. The number of benzene rings is 1. The van der Waals surface area contributed by atoms with Gasteiger partial charge in [-0.2, -0.15) is 0 Å².